The van der Waals surface area contributed by atoms with E-state index in [9.17, 15) is 4.79 Å². The molecule has 2 aromatic carbocycles. The monoisotopic (exact) mass is 336 g/mol. The predicted molar refractivity (Wildman–Crippen MR) is 95.4 cm³/mol. The van der Waals surface area contributed by atoms with E-state index in [0.717, 1.165) is 22.3 Å². The van der Waals surface area contributed by atoms with Crippen LogP contribution in [-0.2, 0) is 14.9 Å². The van der Waals surface area contributed by atoms with Gasteiger partial charge >= 0.3 is 0 Å². The second-order valence-corrected chi connectivity index (χ2v) is 6.54. The van der Waals surface area contributed by atoms with E-state index in [4.69, 9.17) is 4.74 Å². The zero-order valence-corrected chi connectivity index (χ0v) is 14.1. The number of H-pyrrole nitrogens is 1. The summed E-state index contributed by atoms with van der Waals surface area (Å²) in [6.07, 6.45) is 1.35. The van der Waals surface area contributed by atoms with Crippen molar-refractivity contribution in [2.24, 2.45) is 0 Å². The Labute approximate surface area is 145 Å². The van der Waals surface area contributed by atoms with Gasteiger partial charge in [0.15, 0.2) is 0 Å². The van der Waals surface area contributed by atoms with Crippen molar-refractivity contribution >= 4 is 22.6 Å². The number of rotatable bonds is 3. The molecule has 1 amide bonds. The van der Waals surface area contributed by atoms with Crippen LogP contribution in [0.15, 0.2) is 42.5 Å². The van der Waals surface area contributed by atoms with E-state index in [1.165, 1.54) is 5.56 Å². The molecule has 0 bridgehead atoms. The highest BCUT2D eigenvalue weighted by Gasteiger charge is 2.41. The molecule has 1 saturated heterocycles. The molecule has 0 spiro atoms. The summed E-state index contributed by atoms with van der Waals surface area (Å²) in [6.45, 7) is 3.22. The number of anilines is 1. The predicted octanol–water partition coefficient (Wildman–Crippen LogP) is 2.95. The lowest BCUT2D eigenvalue weighted by molar-refractivity contribution is -0.125. The maximum Gasteiger partial charge on any atom is 0.235 e. The molecular weight excluding hydrogens is 316 g/mol. The van der Waals surface area contributed by atoms with Crippen LogP contribution in [0, 0.1) is 6.92 Å². The van der Waals surface area contributed by atoms with Crippen LogP contribution < -0.4 is 5.32 Å². The molecule has 6 heteroatoms. The van der Waals surface area contributed by atoms with E-state index in [2.05, 4.69) is 45.0 Å². The van der Waals surface area contributed by atoms with Crippen LogP contribution in [0.1, 0.15) is 24.0 Å². The third-order valence-electron chi connectivity index (χ3n) is 4.96. The third-order valence-corrected chi connectivity index (χ3v) is 4.96. The summed E-state index contributed by atoms with van der Waals surface area (Å²) in [6, 6.07) is 13.8. The average Bonchev–Trinajstić information content (AvgIpc) is 3.10. The smallest absolute Gasteiger partial charge is 0.235 e. The van der Waals surface area contributed by atoms with Crippen molar-refractivity contribution in [3.05, 3.63) is 53.6 Å². The van der Waals surface area contributed by atoms with Crippen molar-refractivity contribution in [2.75, 3.05) is 18.5 Å². The maximum absolute atomic E-state index is 13.2. The standard InChI is InChI=1S/C19H20N4O2/c1-13-2-4-14(5-3-13)19(8-10-25-11-9-19)18(24)20-15-6-7-16-17(12-15)22-23-21-16/h2-7,12H,8-11H2,1H3,(H,20,24)(H,21,22,23). The Morgan fingerprint density at radius 2 is 1.80 bits per heavy atom. The number of hydrogen-bond donors (Lipinski definition) is 2. The molecule has 4 rings (SSSR count). The maximum atomic E-state index is 13.2. The lowest BCUT2D eigenvalue weighted by Gasteiger charge is -2.36. The summed E-state index contributed by atoms with van der Waals surface area (Å²) in [5.74, 6) is 0.00231. The lowest BCUT2D eigenvalue weighted by atomic mass is 9.73. The van der Waals surface area contributed by atoms with E-state index in [1.807, 2.05) is 25.1 Å². The number of carbonyl (C=O) groups is 1. The van der Waals surface area contributed by atoms with Crippen molar-refractivity contribution in [2.45, 2.75) is 25.2 Å². The molecule has 0 saturated carbocycles. The largest absolute Gasteiger partial charge is 0.381 e. The summed E-state index contributed by atoms with van der Waals surface area (Å²) in [4.78, 5) is 13.2. The molecule has 6 nitrogen and oxygen atoms in total. The molecule has 2 N–H and O–H groups in total. The molecule has 0 aliphatic carbocycles. The van der Waals surface area contributed by atoms with Gasteiger partial charge in [-0.15, -0.1) is 0 Å². The fourth-order valence-corrected chi connectivity index (χ4v) is 3.41. The van der Waals surface area contributed by atoms with Gasteiger partial charge in [-0.3, -0.25) is 4.79 Å². The molecule has 1 fully saturated rings. The molecule has 2 heterocycles. The Bertz CT molecular complexity index is 895. The molecule has 3 aromatic rings. The normalized spacial score (nSPS) is 16.7. The Balaban J connectivity index is 1.66. The minimum atomic E-state index is -0.565. The first-order valence-electron chi connectivity index (χ1n) is 8.44. The number of aromatic amines is 1. The van der Waals surface area contributed by atoms with E-state index < -0.39 is 5.41 Å². The van der Waals surface area contributed by atoms with Gasteiger partial charge in [0, 0.05) is 18.9 Å². The van der Waals surface area contributed by atoms with Gasteiger partial charge in [0.05, 0.1) is 5.41 Å². The van der Waals surface area contributed by atoms with Crippen molar-refractivity contribution < 1.29 is 9.53 Å². The number of nitrogens with one attached hydrogen (secondary N) is 2. The highest BCUT2D eigenvalue weighted by atomic mass is 16.5. The molecule has 0 unspecified atom stereocenters. The lowest BCUT2D eigenvalue weighted by Crippen LogP contribution is -2.44. The van der Waals surface area contributed by atoms with Crippen molar-refractivity contribution in [3.8, 4) is 0 Å². The van der Waals surface area contributed by atoms with Crippen molar-refractivity contribution in [1.29, 1.82) is 0 Å². The van der Waals surface area contributed by atoms with Crippen LogP contribution in [0.2, 0.25) is 0 Å². The Morgan fingerprint density at radius 3 is 2.56 bits per heavy atom. The van der Waals surface area contributed by atoms with Crippen LogP contribution in [0.4, 0.5) is 5.69 Å². The van der Waals surface area contributed by atoms with Gasteiger partial charge in [-0.25, -0.2) is 0 Å². The first-order chi connectivity index (χ1) is 12.2. The van der Waals surface area contributed by atoms with Gasteiger partial charge in [-0.2, -0.15) is 15.4 Å². The minimum absolute atomic E-state index is 0.00231. The Morgan fingerprint density at radius 1 is 1.08 bits per heavy atom. The molecule has 1 aliphatic rings. The number of amides is 1. The summed E-state index contributed by atoms with van der Waals surface area (Å²) in [7, 11) is 0. The Kier molecular flexibility index (Phi) is 3.97. The fraction of sp³-hybridized carbons (Fsp3) is 0.316. The first kappa shape index (κ1) is 15.8. The van der Waals surface area contributed by atoms with Gasteiger partial charge < -0.3 is 10.1 Å². The summed E-state index contributed by atoms with van der Waals surface area (Å²) in [5.41, 5.74) is 3.89. The summed E-state index contributed by atoms with van der Waals surface area (Å²) < 4.78 is 5.52. The molecule has 1 aromatic heterocycles. The molecule has 0 radical (unpaired) electrons. The summed E-state index contributed by atoms with van der Waals surface area (Å²) in [5, 5.41) is 13.8. The van der Waals surface area contributed by atoms with Crippen LogP contribution >= 0.6 is 0 Å². The number of aromatic nitrogens is 3. The zero-order chi connectivity index (χ0) is 17.3. The minimum Gasteiger partial charge on any atom is -0.381 e. The van der Waals surface area contributed by atoms with Crippen molar-refractivity contribution in [1.82, 2.24) is 15.4 Å². The third kappa shape index (κ3) is 2.89. The number of ether oxygens (including phenoxy) is 1. The second kappa shape index (κ2) is 6.29. The van der Waals surface area contributed by atoms with Crippen LogP contribution in [0.3, 0.4) is 0 Å². The van der Waals surface area contributed by atoms with Gasteiger partial charge in [-0.05, 0) is 43.5 Å². The number of aryl methyl sites for hydroxylation is 1. The number of nitrogens with zero attached hydrogens (tertiary/aromatic N) is 2. The highest BCUT2D eigenvalue weighted by molar-refractivity contribution is 6.00. The van der Waals surface area contributed by atoms with E-state index in [1.54, 1.807) is 0 Å². The zero-order valence-electron chi connectivity index (χ0n) is 14.1. The SMILES string of the molecule is Cc1ccc(C2(C(=O)Nc3ccc4n[nH]nc4c3)CCOCC2)cc1. The quantitative estimate of drug-likeness (QED) is 0.771. The van der Waals surface area contributed by atoms with Crippen LogP contribution in [0.25, 0.3) is 11.0 Å². The van der Waals surface area contributed by atoms with Crippen LogP contribution in [0.5, 0.6) is 0 Å². The van der Waals surface area contributed by atoms with Gasteiger partial charge in [0.25, 0.3) is 0 Å². The van der Waals surface area contributed by atoms with Gasteiger partial charge in [0.2, 0.25) is 5.91 Å². The number of hydrogen-bond acceptors (Lipinski definition) is 4. The highest BCUT2D eigenvalue weighted by Crippen LogP contribution is 2.36. The molecule has 128 valence electrons. The molecule has 25 heavy (non-hydrogen) atoms. The molecule has 1 aliphatic heterocycles. The average molecular weight is 336 g/mol. The van der Waals surface area contributed by atoms with Crippen molar-refractivity contribution in [3.63, 3.8) is 0 Å². The first-order valence-corrected chi connectivity index (χ1v) is 8.44. The van der Waals surface area contributed by atoms with E-state index in [-0.39, 0.29) is 5.91 Å². The number of carbonyl (C=O) groups excluding carboxylic acids is 1. The Hall–Kier alpha value is -2.73. The fourth-order valence-electron chi connectivity index (χ4n) is 3.41. The number of benzene rings is 2. The van der Waals surface area contributed by atoms with Gasteiger partial charge in [0.1, 0.15) is 11.0 Å². The molecule has 0 atom stereocenters. The van der Waals surface area contributed by atoms with E-state index >= 15 is 0 Å². The number of fused-ring (bicyclic) bond motifs is 1. The van der Waals surface area contributed by atoms with Crippen LogP contribution in [-0.4, -0.2) is 34.5 Å². The topological polar surface area (TPSA) is 79.9 Å². The molecular formula is C19H20N4O2. The van der Waals surface area contributed by atoms with E-state index in [0.29, 0.717) is 26.1 Å². The second-order valence-electron chi connectivity index (χ2n) is 6.54. The van der Waals surface area contributed by atoms with Gasteiger partial charge in [-0.1, -0.05) is 29.8 Å². The summed E-state index contributed by atoms with van der Waals surface area (Å²) >= 11 is 0.